The Labute approximate surface area is 155 Å². The number of aliphatic hydroxyl groups excluding tert-OH is 1. The molecule has 144 valence electrons. The van der Waals surface area contributed by atoms with E-state index < -0.39 is 18.4 Å². The number of amides is 2. The number of carbonyl (C=O) groups is 2. The van der Waals surface area contributed by atoms with Crippen molar-refractivity contribution in [3.05, 3.63) is 35.4 Å². The molecule has 3 N–H and O–H groups in total. The minimum Gasteiger partial charge on any atom is -0.366 e. The molecule has 1 heterocycles. The molecule has 26 heavy (non-hydrogen) atoms. The molecule has 0 unspecified atom stereocenters. The van der Waals surface area contributed by atoms with E-state index >= 15 is 0 Å². The Morgan fingerprint density at radius 1 is 1.12 bits per heavy atom. The van der Waals surface area contributed by atoms with E-state index in [4.69, 9.17) is 0 Å². The van der Waals surface area contributed by atoms with Gasteiger partial charge in [0.1, 0.15) is 6.04 Å². The molecule has 1 aliphatic heterocycles. The predicted octanol–water partition coefficient (Wildman–Crippen LogP) is 1.87. The summed E-state index contributed by atoms with van der Waals surface area (Å²) >= 11 is 0. The zero-order chi connectivity index (χ0) is 19.4. The van der Waals surface area contributed by atoms with Crippen LogP contribution < -0.4 is 5.32 Å². The van der Waals surface area contributed by atoms with Gasteiger partial charge >= 0.3 is 0 Å². The Kier molecular flexibility index (Phi) is 6.78. The Morgan fingerprint density at radius 2 is 1.73 bits per heavy atom. The van der Waals surface area contributed by atoms with Gasteiger partial charge < -0.3 is 20.4 Å². The molecule has 6 heteroatoms. The van der Waals surface area contributed by atoms with Crippen molar-refractivity contribution < 1.29 is 19.8 Å². The molecule has 1 fully saturated rings. The van der Waals surface area contributed by atoms with E-state index in [0.717, 1.165) is 12.0 Å². The number of carbonyl (C=O) groups excluding carboxylic acids is 2. The average Bonchev–Trinajstić information content (AvgIpc) is 3.08. The molecular weight excluding hydrogens is 332 g/mol. The third-order valence-electron chi connectivity index (χ3n) is 4.99. The summed E-state index contributed by atoms with van der Waals surface area (Å²) in [5.41, 5.74) is 1.66. The Hall–Kier alpha value is -1.92. The van der Waals surface area contributed by atoms with Crippen LogP contribution in [-0.2, 0) is 4.79 Å². The summed E-state index contributed by atoms with van der Waals surface area (Å²) < 4.78 is 0. The second kappa shape index (κ2) is 8.64. The van der Waals surface area contributed by atoms with Gasteiger partial charge in [0.05, 0.1) is 6.04 Å². The lowest BCUT2D eigenvalue weighted by molar-refractivity contribution is -0.146. The summed E-state index contributed by atoms with van der Waals surface area (Å²) in [6.07, 6.45) is -0.281. The van der Waals surface area contributed by atoms with Crippen molar-refractivity contribution in [1.82, 2.24) is 10.2 Å². The van der Waals surface area contributed by atoms with E-state index in [0.29, 0.717) is 24.4 Å². The Bertz CT molecular complexity index is 625. The van der Waals surface area contributed by atoms with Crippen LogP contribution in [0.3, 0.4) is 0 Å². The molecular formula is C20H30N2O4. The number of hydrogen-bond donors (Lipinski definition) is 3. The Balaban J connectivity index is 2.12. The van der Waals surface area contributed by atoms with Gasteiger partial charge in [-0.25, -0.2) is 0 Å². The molecule has 6 nitrogen and oxygen atoms in total. The van der Waals surface area contributed by atoms with Gasteiger partial charge in [-0.1, -0.05) is 39.8 Å². The van der Waals surface area contributed by atoms with Crippen molar-refractivity contribution in [3.63, 3.8) is 0 Å². The first-order valence-corrected chi connectivity index (χ1v) is 9.29. The molecule has 1 aromatic carbocycles. The highest BCUT2D eigenvalue weighted by Gasteiger charge is 2.38. The summed E-state index contributed by atoms with van der Waals surface area (Å²) in [4.78, 5) is 27.0. The summed E-state index contributed by atoms with van der Waals surface area (Å²) in [5, 5.41) is 21.8. The molecule has 2 rings (SSSR count). The van der Waals surface area contributed by atoms with Crippen LogP contribution >= 0.6 is 0 Å². The fourth-order valence-corrected chi connectivity index (χ4v) is 3.31. The lowest BCUT2D eigenvalue weighted by Gasteiger charge is -2.31. The van der Waals surface area contributed by atoms with Crippen molar-refractivity contribution in [2.75, 3.05) is 6.54 Å². The third kappa shape index (κ3) is 4.62. The van der Waals surface area contributed by atoms with Crippen molar-refractivity contribution in [2.24, 2.45) is 5.92 Å². The number of benzene rings is 1. The first kappa shape index (κ1) is 20.4. The molecule has 0 aliphatic carbocycles. The summed E-state index contributed by atoms with van der Waals surface area (Å²) in [5.74, 6) is -0.289. The zero-order valence-corrected chi connectivity index (χ0v) is 16.0. The van der Waals surface area contributed by atoms with Crippen LogP contribution in [0.15, 0.2) is 24.3 Å². The monoisotopic (exact) mass is 362 g/mol. The van der Waals surface area contributed by atoms with Crippen LogP contribution in [0.5, 0.6) is 0 Å². The van der Waals surface area contributed by atoms with E-state index in [2.05, 4.69) is 19.2 Å². The van der Waals surface area contributed by atoms with Crippen LogP contribution in [0.1, 0.15) is 62.4 Å². The Morgan fingerprint density at radius 3 is 2.23 bits per heavy atom. The maximum absolute atomic E-state index is 12.9. The van der Waals surface area contributed by atoms with Crippen LogP contribution in [0.4, 0.5) is 0 Å². The lowest BCUT2D eigenvalue weighted by Crippen LogP contribution is -2.54. The fraction of sp³-hybridized carbons (Fsp3) is 0.600. The highest BCUT2D eigenvalue weighted by Crippen LogP contribution is 2.22. The maximum Gasteiger partial charge on any atom is 0.251 e. The summed E-state index contributed by atoms with van der Waals surface area (Å²) in [7, 11) is 0. The molecule has 0 aromatic heterocycles. The largest absolute Gasteiger partial charge is 0.366 e. The number of aliphatic hydroxyl groups is 2. The molecule has 0 spiro atoms. The number of rotatable bonds is 6. The number of nitrogens with one attached hydrogen (secondary N) is 1. The van der Waals surface area contributed by atoms with Crippen LogP contribution in [0, 0.1) is 5.92 Å². The molecule has 2 atom stereocenters. The van der Waals surface area contributed by atoms with Gasteiger partial charge in [-0.3, -0.25) is 9.59 Å². The van der Waals surface area contributed by atoms with E-state index in [-0.39, 0.29) is 17.7 Å². The quantitative estimate of drug-likeness (QED) is 0.674. The normalized spacial score (nSPS) is 18.7. The first-order chi connectivity index (χ1) is 12.2. The minimum atomic E-state index is -1.56. The average molecular weight is 362 g/mol. The van der Waals surface area contributed by atoms with Crippen LogP contribution in [-0.4, -0.2) is 51.8 Å². The van der Waals surface area contributed by atoms with E-state index in [9.17, 15) is 19.8 Å². The zero-order valence-electron chi connectivity index (χ0n) is 16.0. The van der Waals surface area contributed by atoms with Gasteiger partial charge in [-0.05, 0) is 42.4 Å². The highest BCUT2D eigenvalue weighted by atomic mass is 16.5. The van der Waals surface area contributed by atoms with Crippen molar-refractivity contribution in [3.8, 4) is 0 Å². The minimum absolute atomic E-state index is 0.113. The van der Waals surface area contributed by atoms with Crippen molar-refractivity contribution >= 4 is 11.8 Å². The van der Waals surface area contributed by atoms with Gasteiger partial charge in [0.25, 0.3) is 5.91 Å². The second-order valence-electron chi connectivity index (χ2n) is 7.63. The van der Waals surface area contributed by atoms with E-state index in [1.54, 1.807) is 12.1 Å². The van der Waals surface area contributed by atoms with Crippen molar-refractivity contribution in [2.45, 2.75) is 64.8 Å². The molecule has 0 bridgehead atoms. The molecule has 1 saturated heterocycles. The molecule has 0 radical (unpaired) electrons. The molecule has 1 aromatic rings. The first-order valence-electron chi connectivity index (χ1n) is 9.29. The number of likely N-dealkylation sites (tertiary alicyclic amines) is 1. The topological polar surface area (TPSA) is 89.9 Å². The maximum atomic E-state index is 12.9. The fourth-order valence-electron chi connectivity index (χ4n) is 3.31. The SMILES string of the molecule is CC(C)c1ccc(C(=O)N[C@H](C(=O)N2CCC[C@H]2C(O)O)C(C)C)cc1. The van der Waals surface area contributed by atoms with E-state index in [1.807, 2.05) is 26.0 Å². The van der Waals surface area contributed by atoms with Gasteiger partial charge in [-0.15, -0.1) is 0 Å². The van der Waals surface area contributed by atoms with E-state index in [1.165, 1.54) is 4.90 Å². The smallest absolute Gasteiger partial charge is 0.251 e. The van der Waals surface area contributed by atoms with Crippen molar-refractivity contribution in [1.29, 1.82) is 0 Å². The van der Waals surface area contributed by atoms with Gasteiger partial charge in [0.15, 0.2) is 6.29 Å². The van der Waals surface area contributed by atoms with Gasteiger partial charge in [-0.2, -0.15) is 0 Å². The summed E-state index contributed by atoms with van der Waals surface area (Å²) in [6, 6.07) is 6.07. The third-order valence-corrected chi connectivity index (χ3v) is 4.99. The lowest BCUT2D eigenvalue weighted by atomic mass is 10.00. The molecule has 0 saturated carbocycles. The predicted molar refractivity (Wildman–Crippen MR) is 99.6 cm³/mol. The van der Waals surface area contributed by atoms with Gasteiger partial charge in [0.2, 0.25) is 5.91 Å². The second-order valence-corrected chi connectivity index (χ2v) is 7.63. The number of nitrogens with zero attached hydrogens (tertiary/aromatic N) is 1. The summed E-state index contributed by atoms with van der Waals surface area (Å²) in [6.45, 7) is 8.38. The highest BCUT2D eigenvalue weighted by molar-refractivity contribution is 5.97. The van der Waals surface area contributed by atoms with Gasteiger partial charge in [0, 0.05) is 12.1 Å². The van der Waals surface area contributed by atoms with Crippen LogP contribution in [0.25, 0.3) is 0 Å². The number of hydrogen-bond acceptors (Lipinski definition) is 4. The standard InChI is InChI=1S/C20H30N2O4/c1-12(2)14-7-9-15(10-8-14)18(23)21-17(13(3)4)19(24)22-11-5-6-16(22)20(25)26/h7-10,12-13,16-17,20,25-26H,5-6,11H2,1-4H3,(H,21,23)/t16-,17-/m0/s1. The van der Waals surface area contributed by atoms with Crippen LogP contribution in [0.2, 0.25) is 0 Å². The molecule has 2 amide bonds. The molecule has 1 aliphatic rings.